The van der Waals surface area contributed by atoms with Crippen molar-refractivity contribution in [2.45, 2.75) is 33.1 Å². The van der Waals surface area contributed by atoms with Crippen molar-refractivity contribution < 1.29 is 10.2 Å². The Morgan fingerprint density at radius 3 is 1.62 bits per heavy atom. The first-order chi connectivity index (χ1) is 12.3. The number of aromatic hydroxyl groups is 2. The van der Waals surface area contributed by atoms with E-state index in [9.17, 15) is 10.2 Å². The molecule has 0 radical (unpaired) electrons. The largest absolute Gasteiger partial charge is 0.508 e. The molecule has 2 nitrogen and oxygen atoms in total. The lowest BCUT2D eigenvalue weighted by molar-refractivity contribution is 0.345. The average Bonchev–Trinajstić information content (AvgIpc) is 2.62. The molecule has 136 valence electrons. The van der Waals surface area contributed by atoms with Crippen LogP contribution in [0.3, 0.4) is 0 Å². The zero-order chi connectivity index (χ0) is 18.9. The molecule has 0 aliphatic heterocycles. The molecule has 0 saturated carbocycles. The van der Waals surface area contributed by atoms with Crippen LogP contribution < -0.4 is 0 Å². The molecule has 0 amide bonds. The van der Waals surface area contributed by atoms with E-state index in [4.69, 9.17) is 0 Å². The number of allylic oxidation sites excluding steroid dienone is 4. The SMILES string of the molecule is CC(C)C1=CC(c2ccc(O)cc2)(c2ccc(O)cc2)C(C(C)C)C=C1. The molecule has 0 spiro atoms. The molecule has 1 unspecified atom stereocenters. The van der Waals surface area contributed by atoms with Gasteiger partial charge >= 0.3 is 0 Å². The monoisotopic (exact) mass is 348 g/mol. The maximum atomic E-state index is 9.80. The van der Waals surface area contributed by atoms with Gasteiger partial charge in [0.2, 0.25) is 0 Å². The molecule has 3 rings (SSSR count). The molecule has 2 heteroatoms. The number of benzene rings is 2. The van der Waals surface area contributed by atoms with Gasteiger partial charge in [0.15, 0.2) is 0 Å². The second-order valence-corrected chi connectivity index (χ2v) is 7.89. The molecule has 1 atom stereocenters. The summed E-state index contributed by atoms with van der Waals surface area (Å²) >= 11 is 0. The summed E-state index contributed by atoms with van der Waals surface area (Å²) in [6.45, 7) is 8.92. The van der Waals surface area contributed by atoms with Gasteiger partial charge in [-0.25, -0.2) is 0 Å². The van der Waals surface area contributed by atoms with Crippen LogP contribution in [0.5, 0.6) is 11.5 Å². The summed E-state index contributed by atoms with van der Waals surface area (Å²) in [6.07, 6.45) is 6.98. The topological polar surface area (TPSA) is 40.5 Å². The smallest absolute Gasteiger partial charge is 0.115 e. The summed E-state index contributed by atoms with van der Waals surface area (Å²) in [7, 11) is 0. The van der Waals surface area contributed by atoms with Crippen molar-refractivity contribution in [3.8, 4) is 11.5 Å². The third-order valence-electron chi connectivity index (χ3n) is 5.49. The van der Waals surface area contributed by atoms with Gasteiger partial charge in [0, 0.05) is 5.41 Å². The van der Waals surface area contributed by atoms with E-state index in [1.165, 1.54) is 5.57 Å². The molecule has 0 fully saturated rings. The molecule has 0 bridgehead atoms. The van der Waals surface area contributed by atoms with E-state index in [1.54, 1.807) is 24.3 Å². The number of hydrogen-bond donors (Lipinski definition) is 2. The Kier molecular flexibility index (Phi) is 4.95. The summed E-state index contributed by atoms with van der Waals surface area (Å²) in [5, 5.41) is 19.6. The van der Waals surface area contributed by atoms with Gasteiger partial charge in [0.1, 0.15) is 11.5 Å². The van der Waals surface area contributed by atoms with Crippen molar-refractivity contribution in [1.82, 2.24) is 0 Å². The van der Waals surface area contributed by atoms with E-state index >= 15 is 0 Å². The van der Waals surface area contributed by atoms with Crippen LogP contribution >= 0.6 is 0 Å². The van der Waals surface area contributed by atoms with E-state index < -0.39 is 0 Å². The van der Waals surface area contributed by atoms with Crippen molar-refractivity contribution in [3.63, 3.8) is 0 Å². The van der Waals surface area contributed by atoms with Crippen molar-refractivity contribution in [3.05, 3.63) is 83.5 Å². The minimum atomic E-state index is -0.329. The second kappa shape index (κ2) is 7.03. The van der Waals surface area contributed by atoms with Crippen molar-refractivity contribution in [2.75, 3.05) is 0 Å². The molecule has 2 aromatic carbocycles. The Bertz CT molecular complexity index is 763. The molecule has 1 aliphatic carbocycles. The van der Waals surface area contributed by atoms with E-state index in [1.807, 2.05) is 24.3 Å². The van der Waals surface area contributed by atoms with Crippen LogP contribution in [0, 0.1) is 17.8 Å². The van der Waals surface area contributed by atoms with Crippen LogP contribution in [0.15, 0.2) is 72.3 Å². The highest BCUT2D eigenvalue weighted by Crippen LogP contribution is 2.48. The first kappa shape index (κ1) is 18.3. The molecule has 0 heterocycles. The van der Waals surface area contributed by atoms with E-state index in [0.717, 1.165) is 11.1 Å². The highest BCUT2D eigenvalue weighted by molar-refractivity contribution is 5.53. The lowest BCUT2D eigenvalue weighted by atomic mass is 9.59. The number of phenols is 2. The predicted octanol–water partition coefficient (Wildman–Crippen LogP) is 5.81. The first-order valence-electron chi connectivity index (χ1n) is 9.34. The van der Waals surface area contributed by atoms with Gasteiger partial charge in [-0.2, -0.15) is 0 Å². The minimum Gasteiger partial charge on any atom is -0.508 e. The standard InChI is InChI=1S/C24H28O2/c1-16(2)18-5-14-23(17(3)4)24(15-18,19-6-10-21(25)11-7-19)20-8-12-22(26)13-9-20/h5-17,23,25-26H,1-4H3. The lowest BCUT2D eigenvalue weighted by Crippen LogP contribution is -2.39. The fourth-order valence-electron chi connectivity index (χ4n) is 4.07. The van der Waals surface area contributed by atoms with Crippen LogP contribution in [-0.2, 0) is 5.41 Å². The molecule has 1 aliphatic rings. The summed E-state index contributed by atoms with van der Waals surface area (Å²) in [5.74, 6) is 1.68. The Morgan fingerprint density at radius 2 is 1.23 bits per heavy atom. The summed E-state index contributed by atoms with van der Waals surface area (Å²) in [4.78, 5) is 0. The van der Waals surface area contributed by atoms with Crippen molar-refractivity contribution in [2.24, 2.45) is 17.8 Å². The van der Waals surface area contributed by atoms with E-state index in [0.29, 0.717) is 11.8 Å². The van der Waals surface area contributed by atoms with Gasteiger partial charge in [-0.1, -0.05) is 70.2 Å². The Morgan fingerprint density at radius 1 is 0.769 bits per heavy atom. The maximum Gasteiger partial charge on any atom is 0.115 e. The molecular formula is C24H28O2. The number of phenolic OH excluding ortho intramolecular Hbond substituents is 2. The minimum absolute atomic E-state index is 0.273. The zero-order valence-electron chi connectivity index (χ0n) is 16.0. The van der Waals surface area contributed by atoms with Gasteiger partial charge in [0.05, 0.1) is 0 Å². The van der Waals surface area contributed by atoms with Crippen LogP contribution in [0.4, 0.5) is 0 Å². The van der Waals surface area contributed by atoms with Gasteiger partial charge < -0.3 is 10.2 Å². The van der Waals surface area contributed by atoms with E-state index in [2.05, 4.69) is 45.9 Å². The second-order valence-electron chi connectivity index (χ2n) is 7.89. The molecular weight excluding hydrogens is 320 g/mol. The summed E-state index contributed by atoms with van der Waals surface area (Å²) in [5.41, 5.74) is 3.29. The van der Waals surface area contributed by atoms with Crippen LogP contribution in [0.1, 0.15) is 38.8 Å². The Labute approximate surface area is 156 Å². The summed E-state index contributed by atoms with van der Waals surface area (Å²) < 4.78 is 0. The number of hydrogen-bond acceptors (Lipinski definition) is 2. The van der Waals surface area contributed by atoms with Crippen molar-refractivity contribution >= 4 is 0 Å². The first-order valence-corrected chi connectivity index (χ1v) is 9.34. The molecule has 2 aromatic rings. The van der Waals surface area contributed by atoms with Gasteiger partial charge in [-0.3, -0.25) is 0 Å². The normalized spacial score (nSPS) is 19.0. The quantitative estimate of drug-likeness (QED) is 0.732. The van der Waals surface area contributed by atoms with Gasteiger partial charge in [-0.15, -0.1) is 0 Å². The fourth-order valence-corrected chi connectivity index (χ4v) is 4.07. The lowest BCUT2D eigenvalue weighted by Gasteiger charge is -2.43. The van der Waals surface area contributed by atoms with E-state index in [-0.39, 0.29) is 22.8 Å². The predicted molar refractivity (Wildman–Crippen MR) is 107 cm³/mol. The van der Waals surface area contributed by atoms with Crippen LogP contribution in [0.25, 0.3) is 0 Å². The van der Waals surface area contributed by atoms with Crippen LogP contribution in [-0.4, -0.2) is 10.2 Å². The van der Waals surface area contributed by atoms with Crippen molar-refractivity contribution in [1.29, 1.82) is 0 Å². The van der Waals surface area contributed by atoms with Gasteiger partial charge in [0.25, 0.3) is 0 Å². The van der Waals surface area contributed by atoms with Gasteiger partial charge in [-0.05, 0) is 58.7 Å². The Balaban J connectivity index is 2.31. The molecule has 2 N–H and O–H groups in total. The highest BCUT2D eigenvalue weighted by Gasteiger charge is 2.42. The van der Waals surface area contributed by atoms with Crippen LogP contribution in [0.2, 0.25) is 0 Å². The third kappa shape index (κ3) is 3.16. The Hall–Kier alpha value is -2.48. The molecule has 0 aromatic heterocycles. The fraction of sp³-hybridized carbons (Fsp3) is 0.333. The third-order valence-corrected chi connectivity index (χ3v) is 5.49. The maximum absolute atomic E-state index is 9.80. The average molecular weight is 348 g/mol. The molecule has 0 saturated heterocycles. The molecule has 26 heavy (non-hydrogen) atoms. The zero-order valence-corrected chi connectivity index (χ0v) is 16.0. The summed E-state index contributed by atoms with van der Waals surface area (Å²) in [6, 6.07) is 15.1. The number of rotatable bonds is 4. The highest BCUT2D eigenvalue weighted by atomic mass is 16.3.